The van der Waals surface area contributed by atoms with Crippen LogP contribution in [0.5, 0.6) is 11.5 Å². The molecule has 7 heteroatoms. The minimum Gasteiger partial charge on any atom is -0.454 e. The molecular formula is C25H24N4O3. The Hall–Kier alpha value is -3.76. The maximum atomic E-state index is 13.6. The number of allylic oxidation sites excluding steroid dienone is 3. The van der Waals surface area contributed by atoms with E-state index in [-0.39, 0.29) is 18.5 Å². The molecule has 0 fully saturated rings. The molecule has 0 amide bonds. The molecule has 2 atom stereocenters. The van der Waals surface area contributed by atoms with E-state index in [9.17, 15) is 10.1 Å². The minimum atomic E-state index is -0.537. The Morgan fingerprint density at radius 1 is 1.06 bits per heavy atom. The molecular weight excluding hydrogens is 404 g/mol. The van der Waals surface area contributed by atoms with Crippen LogP contribution in [-0.2, 0) is 4.79 Å². The zero-order valence-corrected chi connectivity index (χ0v) is 18.0. The van der Waals surface area contributed by atoms with Crippen LogP contribution in [0.1, 0.15) is 35.8 Å². The molecule has 162 valence electrons. The lowest BCUT2D eigenvalue weighted by atomic mass is 9.72. The number of ketones is 1. The predicted octanol–water partition coefficient (Wildman–Crippen LogP) is 3.39. The highest BCUT2D eigenvalue weighted by molar-refractivity contribution is 6.00. The van der Waals surface area contributed by atoms with Crippen molar-refractivity contribution in [3.05, 3.63) is 82.3 Å². The topological polar surface area (TPSA) is 91.8 Å². The molecule has 0 unspecified atom stereocenters. The molecule has 0 saturated carbocycles. The number of ether oxygens (including phenoxy) is 2. The predicted molar refractivity (Wildman–Crippen MR) is 118 cm³/mol. The van der Waals surface area contributed by atoms with Gasteiger partial charge in [-0.2, -0.15) is 5.26 Å². The van der Waals surface area contributed by atoms with Crippen molar-refractivity contribution < 1.29 is 14.3 Å². The standard InChI is InChI=1S/C25H24N4O3/c1-28(2)29-19-10-17(15-6-4-3-5-7-15)11-20(30)24(19)23(18(13-26)25(29)27)16-8-9-21-22(12-16)32-14-31-21/h3-9,12,17,23H,10-11,14,27H2,1-2H3/t17-,23+/m0/s1. The Morgan fingerprint density at radius 2 is 1.81 bits per heavy atom. The summed E-state index contributed by atoms with van der Waals surface area (Å²) in [7, 11) is 3.73. The zero-order chi connectivity index (χ0) is 22.4. The van der Waals surface area contributed by atoms with Crippen LogP contribution in [0.4, 0.5) is 0 Å². The van der Waals surface area contributed by atoms with Crippen LogP contribution in [0.15, 0.2) is 71.2 Å². The Bertz CT molecular complexity index is 1190. The van der Waals surface area contributed by atoms with E-state index in [0.717, 1.165) is 16.8 Å². The number of benzene rings is 2. The molecule has 2 aliphatic heterocycles. The van der Waals surface area contributed by atoms with Crippen molar-refractivity contribution in [2.45, 2.75) is 24.7 Å². The first-order valence-corrected chi connectivity index (χ1v) is 10.6. The molecule has 2 heterocycles. The van der Waals surface area contributed by atoms with E-state index < -0.39 is 5.92 Å². The third-order valence-corrected chi connectivity index (χ3v) is 6.34. The van der Waals surface area contributed by atoms with Gasteiger partial charge in [-0.15, -0.1) is 0 Å². The Morgan fingerprint density at radius 3 is 2.53 bits per heavy atom. The van der Waals surface area contributed by atoms with Gasteiger partial charge in [0.25, 0.3) is 0 Å². The van der Waals surface area contributed by atoms with Crippen molar-refractivity contribution in [3.63, 3.8) is 0 Å². The highest BCUT2D eigenvalue weighted by atomic mass is 16.7. The maximum absolute atomic E-state index is 13.6. The van der Waals surface area contributed by atoms with Gasteiger partial charge in [-0.3, -0.25) is 9.80 Å². The summed E-state index contributed by atoms with van der Waals surface area (Å²) in [4.78, 5) is 13.6. The number of carbonyl (C=O) groups is 1. The van der Waals surface area contributed by atoms with Gasteiger partial charge in [0.15, 0.2) is 17.3 Å². The van der Waals surface area contributed by atoms with Crippen molar-refractivity contribution in [2.75, 3.05) is 20.9 Å². The highest BCUT2D eigenvalue weighted by Gasteiger charge is 2.43. The number of rotatable bonds is 3. The van der Waals surface area contributed by atoms with Gasteiger partial charge in [0.2, 0.25) is 6.79 Å². The highest BCUT2D eigenvalue weighted by Crippen LogP contribution is 2.49. The average Bonchev–Trinajstić information content (AvgIpc) is 3.26. The van der Waals surface area contributed by atoms with Crippen LogP contribution in [0.2, 0.25) is 0 Å². The van der Waals surface area contributed by atoms with Crippen LogP contribution >= 0.6 is 0 Å². The molecule has 32 heavy (non-hydrogen) atoms. The van der Waals surface area contributed by atoms with Crippen molar-refractivity contribution in [1.29, 1.82) is 5.26 Å². The van der Waals surface area contributed by atoms with Crippen LogP contribution in [0, 0.1) is 11.3 Å². The number of nitrogens with zero attached hydrogens (tertiary/aromatic N) is 3. The van der Waals surface area contributed by atoms with E-state index in [1.807, 2.05) is 60.5 Å². The molecule has 7 nitrogen and oxygen atoms in total. The van der Waals surface area contributed by atoms with E-state index in [4.69, 9.17) is 15.2 Å². The summed E-state index contributed by atoms with van der Waals surface area (Å²) in [5.41, 5.74) is 10.3. The van der Waals surface area contributed by atoms with Gasteiger partial charge >= 0.3 is 0 Å². The van der Waals surface area contributed by atoms with Crippen LogP contribution in [-0.4, -0.2) is 36.7 Å². The first kappa shape index (κ1) is 20.2. The summed E-state index contributed by atoms with van der Waals surface area (Å²) >= 11 is 0. The molecule has 0 bridgehead atoms. The maximum Gasteiger partial charge on any atom is 0.231 e. The summed E-state index contributed by atoms with van der Waals surface area (Å²) in [5, 5.41) is 13.7. The van der Waals surface area contributed by atoms with Crippen LogP contribution in [0.25, 0.3) is 0 Å². The van der Waals surface area contributed by atoms with Gasteiger partial charge in [-0.05, 0) is 35.6 Å². The second kappa shape index (κ2) is 7.74. The molecule has 0 spiro atoms. The summed E-state index contributed by atoms with van der Waals surface area (Å²) in [6.45, 7) is 0.159. The number of hydrazine groups is 1. The Kier molecular flexibility index (Phi) is 4.87. The van der Waals surface area contributed by atoms with Gasteiger partial charge < -0.3 is 15.2 Å². The van der Waals surface area contributed by atoms with Crippen molar-refractivity contribution in [3.8, 4) is 17.6 Å². The number of nitriles is 1. The third kappa shape index (κ3) is 3.12. The molecule has 0 radical (unpaired) electrons. The smallest absolute Gasteiger partial charge is 0.231 e. The Labute approximate surface area is 186 Å². The lowest BCUT2D eigenvalue weighted by molar-refractivity contribution is -0.117. The summed E-state index contributed by atoms with van der Waals surface area (Å²) in [5.74, 6) is 1.17. The quantitative estimate of drug-likeness (QED) is 0.801. The summed E-state index contributed by atoms with van der Waals surface area (Å²) in [6, 6.07) is 17.9. The van der Waals surface area contributed by atoms with E-state index in [2.05, 4.69) is 18.2 Å². The normalized spacial score (nSPS) is 22.3. The third-order valence-electron chi connectivity index (χ3n) is 6.34. The van der Waals surface area contributed by atoms with E-state index in [1.165, 1.54) is 0 Å². The van der Waals surface area contributed by atoms with Crippen molar-refractivity contribution >= 4 is 5.78 Å². The van der Waals surface area contributed by atoms with Gasteiger partial charge in [0.05, 0.1) is 17.6 Å². The fourth-order valence-corrected chi connectivity index (χ4v) is 4.96. The fourth-order valence-electron chi connectivity index (χ4n) is 4.96. The van der Waals surface area contributed by atoms with Crippen molar-refractivity contribution in [1.82, 2.24) is 10.0 Å². The van der Waals surface area contributed by atoms with Crippen molar-refractivity contribution in [2.24, 2.45) is 5.73 Å². The molecule has 0 aromatic heterocycles. The second-order valence-corrected chi connectivity index (χ2v) is 8.41. The molecule has 2 aromatic carbocycles. The number of carbonyl (C=O) groups excluding carboxylic acids is 1. The van der Waals surface area contributed by atoms with Crippen LogP contribution in [0.3, 0.4) is 0 Å². The minimum absolute atomic E-state index is 0.0369. The van der Waals surface area contributed by atoms with Crippen LogP contribution < -0.4 is 15.2 Å². The molecule has 2 aromatic rings. The van der Waals surface area contributed by atoms with E-state index >= 15 is 0 Å². The average molecular weight is 428 g/mol. The van der Waals surface area contributed by atoms with Gasteiger partial charge in [0.1, 0.15) is 5.82 Å². The Balaban J connectivity index is 1.67. The lowest BCUT2D eigenvalue weighted by Gasteiger charge is -2.43. The van der Waals surface area contributed by atoms with Gasteiger partial charge in [-0.25, -0.2) is 5.01 Å². The zero-order valence-electron chi connectivity index (χ0n) is 18.0. The second-order valence-electron chi connectivity index (χ2n) is 8.41. The molecule has 0 saturated heterocycles. The summed E-state index contributed by atoms with van der Waals surface area (Å²) in [6.07, 6.45) is 1.05. The monoisotopic (exact) mass is 428 g/mol. The SMILES string of the molecule is CN(C)N1C(N)=C(C#N)[C@@H](c2ccc3c(c2)OCO3)C2=C1C[C@H](c1ccccc1)CC2=O. The molecule has 5 rings (SSSR count). The van der Waals surface area contributed by atoms with Gasteiger partial charge in [0, 0.05) is 31.8 Å². The van der Waals surface area contributed by atoms with E-state index in [1.54, 1.807) is 0 Å². The fraction of sp³-hybridized carbons (Fsp3) is 0.280. The number of hydrogen-bond donors (Lipinski definition) is 1. The van der Waals surface area contributed by atoms with E-state index in [0.29, 0.717) is 41.3 Å². The van der Waals surface area contributed by atoms with Gasteiger partial charge in [-0.1, -0.05) is 36.4 Å². The summed E-state index contributed by atoms with van der Waals surface area (Å²) < 4.78 is 11.0. The largest absolute Gasteiger partial charge is 0.454 e. The number of nitrogens with two attached hydrogens (primary N) is 1. The lowest BCUT2D eigenvalue weighted by Crippen LogP contribution is -2.46. The number of hydrogen-bond acceptors (Lipinski definition) is 7. The first-order valence-electron chi connectivity index (χ1n) is 10.6. The molecule has 3 aliphatic rings. The number of Topliss-reactive ketones (excluding diaryl/α,β-unsaturated/α-hetero) is 1. The molecule has 2 N–H and O–H groups in total. The number of fused-ring (bicyclic) bond motifs is 1. The molecule has 1 aliphatic carbocycles. The first-order chi connectivity index (χ1) is 15.5.